The molecule has 0 unspecified atom stereocenters. The second kappa shape index (κ2) is 7.74. The first kappa shape index (κ1) is 17.5. The molecular weight excluding hydrogens is 320 g/mol. The Hall–Kier alpha value is -1.27. The third-order valence-electron chi connectivity index (χ3n) is 5.23. The Morgan fingerprint density at radius 1 is 1.46 bits per heavy atom. The second-order valence-electron chi connectivity index (χ2n) is 7.14. The second-order valence-corrected chi connectivity index (χ2v) is 8.42. The fourth-order valence-corrected chi connectivity index (χ4v) is 4.09. The van der Waals surface area contributed by atoms with Gasteiger partial charge in [-0.3, -0.25) is 9.88 Å². The normalized spacial score (nSPS) is 25.9. The van der Waals surface area contributed by atoms with Gasteiger partial charge in [-0.15, -0.1) is 0 Å². The summed E-state index contributed by atoms with van der Waals surface area (Å²) in [5, 5.41) is 6.24. The highest BCUT2D eigenvalue weighted by Crippen LogP contribution is 2.46. The lowest BCUT2D eigenvalue weighted by Crippen LogP contribution is -2.52. The van der Waals surface area contributed by atoms with Gasteiger partial charge >= 0.3 is 6.03 Å². The molecule has 2 atom stereocenters. The number of aromatic nitrogens is 1. The van der Waals surface area contributed by atoms with E-state index >= 15 is 0 Å². The lowest BCUT2D eigenvalue weighted by molar-refractivity contribution is 0.141. The maximum absolute atomic E-state index is 12.2. The van der Waals surface area contributed by atoms with Gasteiger partial charge in [0.2, 0.25) is 0 Å². The number of likely N-dealkylation sites (tertiary alicyclic amines) is 1. The van der Waals surface area contributed by atoms with Crippen LogP contribution in [0.1, 0.15) is 31.9 Å². The highest BCUT2D eigenvalue weighted by molar-refractivity contribution is 8.00. The van der Waals surface area contributed by atoms with Crippen molar-refractivity contribution in [1.29, 1.82) is 0 Å². The van der Waals surface area contributed by atoms with Crippen LogP contribution in [0.2, 0.25) is 0 Å². The molecular formula is C18H28N4OS. The Bertz CT molecular complexity index is 549. The number of carbonyl (C=O) groups excluding carboxylic acids is 1. The molecule has 5 nitrogen and oxygen atoms in total. The van der Waals surface area contributed by atoms with Crippen molar-refractivity contribution in [2.24, 2.45) is 5.92 Å². The van der Waals surface area contributed by atoms with Crippen LogP contribution in [0.5, 0.6) is 0 Å². The molecule has 0 aromatic carbocycles. The molecule has 2 aliphatic rings. The number of carbonyl (C=O) groups is 1. The van der Waals surface area contributed by atoms with Crippen LogP contribution in [0.3, 0.4) is 0 Å². The van der Waals surface area contributed by atoms with Crippen LogP contribution in [0, 0.1) is 5.92 Å². The smallest absolute Gasteiger partial charge is 0.315 e. The number of amides is 2. The predicted octanol–water partition coefficient (Wildman–Crippen LogP) is 2.49. The number of hydrogen-bond donors (Lipinski definition) is 2. The van der Waals surface area contributed by atoms with E-state index in [2.05, 4.69) is 39.8 Å². The van der Waals surface area contributed by atoms with E-state index in [1.807, 2.05) is 30.1 Å². The van der Waals surface area contributed by atoms with Crippen molar-refractivity contribution in [3.63, 3.8) is 0 Å². The number of rotatable bonds is 6. The fraction of sp³-hybridized carbons (Fsp3) is 0.667. The summed E-state index contributed by atoms with van der Waals surface area (Å²) in [6.07, 6.45) is 7.41. The largest absolute Gasteiger partial charge is 0.337 e. The SMILES string of the molecule is CSC1(CNC(=O)N[C@@H]2CCN(Cc3ccccn3)C[C@H]2C)CC1. The summed E-state index contributed by atoms with van der Waals surface area (Å²) in [4.78, 5) is 19.0. The van der Waals surface area contributed by atoms with E-state index in [0.29, 0.717) is 10.7 Å². The van der Waals surface area contributed by atoms with Gasteiger partial charge in [-0.25, -0.2) is 4.79 Å². The van der Waals surface area contributed by atoms with Crippen molar-refractivity contribution in [3.8, 4) is 0 Å². The Morgan fingerprint density at radius 3 is 2.92 bits per heavy atom. The zero-order chi connectivity index (χ0) is 17.0. The molecule has 2 N–H and O–H groups in total. The first-order valence-electron chi connectivity index (χ1n) is 8.82. The topological polar surface area (TPSA) is 57.3 Å². The van der Waals surface area contributed by atoms with E-state index in [-0.39, 0.29) is 12.1 Å². The Kier molecular flexibility index (Phi) is 5.66. The lowest BCUT2D eigenvalue weighted by atomic mass is 9.94. The van der Waals surface area contributed by atoms with Gasteiger partial charge in [-0.2, -0.15) is 11.8 Å². The molecule has 1 aliphatic carbocycles. The molecule has 2 fully saturated rings. The number of urea groups is 1. The summed E-state index contributed by atoms with van der Waals surface area (Å²) in [6, 6.07) is 6.30. The van der Waals surface area contributed by atoms with Crippen LogP contribution < -0.4 is 10.6 Å². The van der Waals surface area contributed by atoms with Gasteiger partial charge in [0.15, 0.2) is 0 Å². The van der Waals surface area contributed by atoms with E-state index in [0.717, 1.165) is 38.3 Å². The molecule has 2 heterocycles. The molecule has 24 heavy (non-hydrogen) atoms. The minimum atomic E-state index is -0.00893. The first-order chi connectivity index (χ1) is 11.6. The summed E-state index contributed by atoms with van der Waals surface area (Å²) >= 11 is 1.87. The minimum Gasteiger partial charge on any atom is -0.337 e. The zero-order valence-corrected chi connectivity index (χ0v) is 15.4. The quantitative estimate of drug-likeness (QED) is 0.829. The van der Waals surface area contributed by atoms with E-state index in [1.54, 1.807) is 0 Å². The number of nitrogens with one attached hydrogen (secondary N) is 2. The van der Waals surface area contributed by atoms with Crippen LogP contribution >= 0.6 is 11.8 Å². The van der Waals surface area contributed by atoms with Gasteiger partial charge in [-0.1, -0.05) is 13.0 Å². The van der Waals surface area contributed by atoms with Crippen molar-refractivity contribution >= 4 is 17.8 Å². The molecule has 1 aromatic heterocycles. The molecule has 132 valence electrons. The van der Waals surface area contributed by atoms with Crippen LogP contribution in [-0.4, -0.2) is 52.6 Å². The van der Waals surface area contributed by atoms with Crippen LogP contribution in [0.4, 0.5) is 4.79 Å². The van der Waals surface area contributed by atoms with Crippen molar-refractivity contribution in [2.75, 3.05) is 25.9 Å². The molecule has 1 saturated carbocycles. The van der Waals surface area contributed by atoms with Gasteiger partial charge < -0.3 is 10.6 Å². The van der Waals surface area contributed by atoms with Crippen molar-refractivity contribution in [1.82, 2.24) is 20.5 Å². The number of nitrogens with zero attached hydrogens (tertiary/aromatic N) is 2. The molecule has 2 amide bonds. The number of thioether (sulfide) groups is 1. The number of piperidine rings is 1. The Labute approximate surface area is 149 Å². The van der Waals surface area contributed by atoms with Gasteiger partial charge in [-0.05, 0) is 43.6 Å². The van der Waals surface area contributed by atoms with Crippen molar-refractivity contribution < 1.29 is 4.79 Å². The van der Waals surface area contributed by atoms with Crippen LogP contribution in [0.25, 0.3) is 0 Å². The average Bonchev–Trinajstić information content (AvgIpc) is 3.37. The summed E-state index contributed by atoms with van der Waals surface area (Å²) in [5.41, 5.74) is 1.11. The maximum atomic E-state index is 12.2. The molecule has 1 saturated heterocycles. The van der Waals surface area contributed by atoms with Crippen molar-refractivity contribution in [2.45, 2.75) is 43.5 Å². The van der Waals surface area contributed by atoms with Gasteiger partial charge in [0.25, 0.3) is 0 Å². The van der Waals surface area contributed by atoms with E-state index in [4.69, 9.17) is 0 Å². The number of pyridine rings is 1. The Balaban J connectivity index is 1.41. The highest BCUT2D eigenvalue weighted by Gasteiger charge is 2.42. The van der Waals surface area contributed by atoms with Crippen molar-refractivity contribution in [3.05, 3.63) is 30.1 Å². The molecule has 0 bridgehead atoms. The van der Waals surface area contributed by atoms with E-state index in [9.17, 15) is 4.79 Å². The lowest BCUT2D eigenvalue weighted by Gasteiger charge is -2.37. The third-order valence-corrected chi connectivity index (χ3v) is 6.65. The van der Waals surface area contributed by atoms with Gasteiger partial charge in [0.1, 0.15) is 0 Å². The molecule has 6 heteroatoms. The molecule has 1 aliphatic heterocycles. The zero-order valence-electron chi connectivity index (χ0n) is 14.6. The summed E-state index contributed by atoms with van der Waals surface area (Å²) < 4.78 is 0.314. The first-order valence-corrected chi connectivity index (χ1v) is 10.0. The highest BCUT2D eigenvalue weighted by atomic mass is 32.2. The van der Waals surface area contributed by atoms with E-state index in [1.165, 1.54) is 12.8 Å². The summed E-state index contributed by atoms with van der Waals surface area (Å²) in [5.74, 6) is 0.448. The molecule has 1 aromatic rings. The third kappa shape index (κ3) is 4.63. The fourth-order valence-electron chi connectivity index (χ4n) is 3.36. The monoisotopic (exact) mass is 348 g/mol. The van der Waals surface area contributed by atoms with Crippen LogP contribution in [0.15, 0.2) is 24.4 Å². The summed E-state index contributed by atoms with van der Waals surface area (Å²) in [7, 11) is 0. The van der Waals surface area contributed by atoms with Gasteiger partial charge in [0, 0.05) is 43.2 Å². The maximum Gasteiger partial charge on any atom is 0.315 e. The number of hydrogen-bond acceptors (Lipinski definition) is 4. The van der Waals surface area contributed by atoms with Crippen LogP contribution in [-0.2, 0) is 6.54 Å². The van der Waals surface area contributed by atoms with E-state index < -0.39 is 0 Å². The molecule has 0 radical (unpaired) electrons. The molecule has 3 rings (SSSR count). The standard InChI is InChI=1S/C18H28N4OS/c1-14-11-22(12-15-5-3-4-9-19-15)10-6-16(14)21-17(23)20-13-18(24-2)7-8-18/h3-5,9,14,16H,6-8,10-13H2,1-2H3,(H2,20,21,23)/t14-,16-/m1/s1. The summed E-state index contributed by atoms with van der Waals surface area (Å²) in [6.45, 7) is 5.89. The minimum absolute atomic E-state index is 0.00893. The predicted molar refractivity (Wildman–Crippen MR) is 99.1 cm³/mol. The average molecular weight is 349 g/mol. The van der Waals surface area contributed by atoms with Gasteiger partial charge in [0.05, 0.1) is 5.69 Å². The molecule has 0 spiro atoms. The Morgan fingerprint density at radius 2 is 2.29 bits per heavy atom.